The molecule has 0 saturated heterocycles. The summed E-state index contributed by atoms with van der Waals surface area (Å²) in [5.41, 5.74) is -0.837. The second kappa shape index (κ2) is 4.84. The average molecular weight is 217 g/mol. The van der Waals surface area contributed by atoms with Crippen molar-refractivity contribution in [1.82, 2.24) is 5.32 Å². The second-order valence-corrected chi connectivity index (χ2v) is 5.52. The summed E-state index contributed by atoms with van der Waals surface area (Å²) in [6, 6.07) is 0. The number of aliphatic hydroxyl groups is 1. The maximum Gasteiger partial charge on any atom is 0.407 e. The van der Waals surface area contributed by atoms with E-state index in [1.54, 1.807) is 6.92 Å². The molecule has 0 aliphatic rings. The Bertz CT molecular complexity index is 216. The molecule has 0 rings (SSSR count). The molecule has 0 aliphatic carbocycles. The van der Waals surface area contributed by atoms with Crippen LogP contribution in [0, 0.1) is 5.41 Å². The second-order valence-electron chi connectivity index (χ2n) is 5.52. The summed E-state index contributed by atoms with van der Waals surface area (Å²) in [5.74, 6) is 0. The van der Waals surface area contributed by atoms with Crippen LogP contribution >= 0.6 is 0 Å². The number of rotatable bonds is 3. The smallest absolute Gasteiger partial charge is 0.407 e. The molecule has 0 aliphatic heterocycles. The van der Waals surface area contributed by atoms with Crippen molar-refractivity contribution in [3.05, 3.63) is 0 Å². The average Bonchev–Trinajstić information content (AvgIpc) is 1.97. The number of alkyl carbamates (subject to hydrolysis) is 1. The standard InChI is InChI=1S/C11H23NO3/c1-8(13)11(5,6)7-12-9(14)15-10(2,3)4/h8,13H,7H2,1-6H3,(H,12,14). The predicted octanol–water partition coefficient (Wildman–Crippen LogP) is 1.92. The number of ether oxygens (including phenoxy) is 1. The van der Waals surface area contributed by atoms with Crippen molar-refractivity contribution in [1.29, 1.82) is 0 Å². The van der Waals surface area contributed by atoms with Crippen molar-refractivity contribution in [2.45, 2.75) is 53.2 Å². The highest BCUT2D eigenvalue weighted by Gasteiger charge is 2.25. The summed E-state index contributed by atoms with van der Waals surface area (Å²) in [6.45, 7) is 11.3. The molecular weight excluding hydrogens is 194 g/mol. The molecule has 0 heterocycles. The molecule has 0 aromatic rings. The normalized spacial score (nSPS) is 14.6. The number of carbonyl (C=O) groups excluding carboxylic acids is 1. The van der Waals surface area contributed by atoms with E-state index in [0.29, 0.717) is 6.54 Å². The summed E-state index contributed by atoms with van der Waals surface area (Å²) >= 11 is 0. The fourth-order valence-electron chi connectivity index (χ4n) is 0.762. The van der Waals surface area contributed by atoms with Gasteiger partial charge in [0.25, 0.3) is 0 Å². The van der Waals surface area contributed by atoms with Crippen LogP contribution in [0.3, 0.4) is 0 Å². The van der Waals surface area contributed by atoms with E-state index in [1.165, 1.54) is 0 Å². The van der Waals surface area contributed by atoms with E-state index < -0.39 is 17.8 Å². The lowest BCUT2D eigenvalue weighted by Crippen LogP contribution is -2.42. The first-order valence-electron chi connectivity index (χ1n) is 5.19. The molecule has 0 aromatic carbocycles. The van der Waals surface area contributed by atoms with Gasteiger partial charge in [-0.3, -0.25) is 0 Å². The predicted molar refractivity (Wildman–Crippen MR) is 59.7 cm³/mol. The van der Waals surface area contributed by atoms with E-state index in [2.05, 4.69) is 5.32 Å². The van der Waals surface area contributed by atoms with Crippen LogP contribution in [0.15, 0.2) is 0 Å². The Morgan fingerprint density at radius 1 is 1.33 bits per heavy atom. The number of nitrogens with one attached hydrogen (secondary N) is 1. The molecule has 0 fully saturated rings. The number of carbonyl (C=O) groups is 1. The third-order valence-corrected chi connectivity index (χ3v) is 2.22. The number of hydrogen-bond donors (Lipinski definition) is 2. The molecule has 0 radical (unpaired) electrons. The molecular formula is C11H23NO3. The van der Waals surface area contributed by atoms with E-state index in [1.807, 2.05) is 34.6 Å². The van der Waals surface area contributed by atoms with Gasteiger partial charge in [0, 0.05) is 12.0 Å². The lowest BCUT2D eigenvalue weighted by atomic mass is 9.87. The molecule has 15 heavy (non-hydrogen) atoms. The monoisotopic (exact) mass is 217 g/mol. The highest BCUT2D eigenvalue weighted by Crippen LogP contribution is 2.19. The Labute approximate surface area is 92.0 Å². The Hall–Kier alpha value is -0.770. The molecule has 0 spiro atoms. The zero-order chi connectivity index (χ0) is 12.3. The van der Waals surface area contributed by atoms with Gasteiger partial charge in [0.1, 0.15) is 5.60 Å². The first kappa shape index (κ1) is 14.2. The topological polar surface area (TPSA) is 58.6 Å². The molecule has 4 heteroatoms. The van der Waals surface area contributed by atoms with Crippen LogP contribution in [0.1, 0.15) is 41.5 Å². The maximum absolute atomic E-state index is 11.3. The Balaban J connectivity index is 4.02. The van der Waals surface area contributed by atoms with Gasteiger partial charge in [-0.25, -0.2) is 4.79 Å². The molecule has 1 amide bonds. The quantitative estimate of drug-likeness (QED) is 0.759. The number of hydrogen-bond acceptors (Lipinski definition) is 3. The maximum atomic E-state index is 11.3. The van der Waals surface area contributed by atoms with E-state index in [-0.39, 0.29) is 5.41 Å². The highest BCUT2D eigenvalue weighted by molar-refractivity contribution is 5.67. The number of aliphatic hydroxyl groups excluding tert-OH is 1. The van der Waals surface area contributed by atoms with Crippen molar-refractivity contribution in [2.24, 2.45) is 5.41 Å². The van der Waals surface area contributed by atoms with Gasteiger partial charge in [-0.15, -0.1) is 0 Å². The van der Waals surface area contributed by atoms with Crippen LogP contribution in [-0.2, 0) is 4.74 Å². The zero-order valence-electron chi connectivity index (χ0n) is 10.5. The van der Waals surface area contributed by atoms with Crippen molar-refractivity contribution < 1.29 is 14.6 Å². The van der Waals surface area contributed by atoms with Crippen LogP contribution < -0.4 is 5.32 Å². The minimum atomic E-state index is -0.487. The third-order valence-electron chi connectivity index (χ3n) is 2.22. The van der Waals surface area contributed by atoms with Gasteiger partial charge >= 0.3 is 6.09 Å². The molecule has 0 aromatic heterocycles. The molecule has 2 N–H and O–H groups in total. The SMILES string of the molecule is CC(O)C(C)(C)CNC(=O)OC(C)(C)C. The molecule has 1 atom stereocenters. The molecule has 90 valence electrons. The van der Waals surface area contributed by atoms with Crippen molar-refractivity contribution in [3.8, 4) is 0 Å². The van der Waals surface area contributed by atoms with Gasteiger partial charge in [-0.05, 0) is 27.7 Å². The number of amides is 1. The minimum absolute atomic E-state index is 0.350. The fourth-order valence-corrected chi connectivity index (χ4v) is 0.762. The third kappa shape index (κ3) is 6.33. The van der Waals surface area contributed by atoms with Crippen LogP contribution in [0.4, 0.5) is 4.79 Å². The lowest BCUT2D eigenvalue weighted by molar-refractivity contribution is 0.0393. The first-order chi connectivity index (χ1) is 6.54. The van der Waals surface area contributed by atoms with Gasteiger partial charge in [-0.1, -0.05) is 13.8 Å². The minimum Gasteiger partial charge on any atom is -0.444 e. The van der Waals surface area contributed by atoms with E-state index in [9.17, 15) is 9.90 Å². The largest absolute Gasteiger partial charge is 0.444 e. The molecule has 4 nitrogen and oxygen atoms in total. The fraction of sp³-hybridized carbons (Fsp3) is 0.909. The van der Waals surface area contributed by atoms with Crippen molar-refractivity contribution in [2.75, 3.05) is 6.54 Å². The van der Waals surface area contributed by atoms with Crippen LogP contribution in [0.5, 0.6) is 0 Å². The zero-order valence-corrected chi connectivity index (χ0v) is 10.5. The Morgan fingerprint density at radius 3 is 2.13 bits per heavy atom. The van der Waals surface area contributed by atoms with Crippen molar-refractivity contribution >= 4 is 6.09 Å². The summed E-state index contributed by atoms with van der Waals surface area (Å²) < 4.78 is 5.08. The van der Waals surface area contributed by atoms with E-state index in [0.717, 1.165) is 0 Å². The van der Waals surface area contributed by atoms with Gasteiger partial charge in [0.15, 0.2) is 0 Å². The summed E-state index contributed by atoms with van der Waals surface area (Å²) in [5, 5.41) is 12.1. The van der Waals surface area contributed by atoms with Gasteiger partial charge in [-0.2, -0.15) is 0 Å². The van der Waals surface area contributed by atoms with Crippen LogP contribution in [0.2, 0.25) is 0 Å². The van der Waals surface area contributed by atoms with Gasteiger partial charge in [0.05, 0.1) is 6.10 Å². The van der Waals surface area contributed by atoms with E-state index in [4.69, 9.17) is 4.74 Å². The first-order valence-corrected chi connectivity index (χ1v) is 5.19. The van der Waals surface area contributed by atoms with Gasteiger partial charge in [0.2, 0.25) is 0 Å². The lowest BCUT2D eigenvalue weighted by Gasteiger charge is -2.29. The van der Waals surface area contributed by atoms with Gasteiger partial charge < -0.3 is 15.2 Å². The van der Waals surface area contributed by atoms with Crippen LogP contribution in [0.25, 0.3) is 0 Å². The summed E-state index contributed by atoms with van der Waals surface area (Å²) in [4.78, 5) is 11.3. The summed E-state index contributed by atoms with van der Waals surface area (Å²) in [6.07, 6.45) is -0.927. The highest BCUT2D eigenvalue weighted by atomic mass is 16.6. The Kier molecular flexibility index (Phi) is 4.59. The molecule has 0 bridgehead atoms. The molecule has 0 saturated carbocycles. The van der Waals surface area contributed by atoms with Crippen LogP contribution in [-0.4, -0.2) is 29.4 Å². The molecule has 1 unspecified atom stereocenters. The van der Waals surface area contributed by atoms with Crippen molar-refractivity contribution in [3.63, 3.8) is 0 Å². The van der Waals surface area contributed by atoms with E-state index >= 15 is 0 Å². The Morgan fingerprint density at radius 2 is 1.80 bits per heavy atom. The summed E-state index contributed by atoms with van der Waals surface area (Å²) in [7, 11) is 0.